The van der Waals surface area contributed by atoms with Gasteiger partial charge >= 0.3 is 5.97 Å². The average Bonchev–Trinajstić information content (AvgIpc) is 2.70. The average molecular weight is 243 g/mol. The Kier molecular flexibility index (Phi) is 5.41. The molecule has 1 amide bonds. The van der Waals surface area contributed by atoms with Crippen molar-refractivity contribution in [2.24, 2.45) is 5.92 Å². The lowest BCUT2D eigenvalue weighted by Crippen LogP contribution is -2.37. The van der Waals surface area contributed by atoms with E-state index < -0.39 is 5.97 Å². The second kappa shape index (κ2) is 6.59. The molecule has 0 radical (unpaired) electrons. The van der Waals surface area contributed by atoms with E-state index in [2.05, 4.69) is 5.32 Å². The van der Waals surface area contributed by atoms with Gasteiger partial charge in [-0.3, -0.25) is 9.59 Å². The zero-order chi connectivity index (χ0) is 12.8. The molecule has 1 aliphatic heterocycles. The minimum Gasteiger partial charge on any atom is -0.481 e. The van der Waals surface area contributed by atoms with Crippen molar-refractivity contribution in [3.8, 4) is 0 Å². The predicted octanol–water partition coefficient (Wildman–Crippen LogP) is 1.17. The van der Waals surface area contributed by atoms with Gasteiger partial charge in [0.15, 0.2) is 0 Å². The molecule has 0 aliphatic carbocycles. The summed E-state index contributed by atoms with van der Waals surface area (Å²) in [5.41, 5.74) is 0. The number of hydrogen-bond acceptors (Lipinski definition) is 3. The smallest absolute Gasteiger partial charge is 0.303 e. The molecule has 3 unspecified atom stereocenters. The number of aliphatic carboxylic acids is 1. The van der Waals surface area contributed by atoms with Gasteiger partial charge in [0.05, 0.1) is 6.10 Å². The van der Waals surface area contributed by atoms with E-state index in [9.17, 15) is 9.59 Å². The van der Waals surface area contributed by atoms with Gasteiger partial charge in [0.25, 0.3) is 0 Å². The first-order valence-corrected chi connectivity index (χ1v) is 6.14. The van der Waals surface area contributed by atoms with Crippen molar-refractivity contribution in [1.82, 2.24) is 5.32 Å². The van der Waals surface area contributed by atoms with E-state index in [1.54, 1.807) is 0 Å². The lowest BCUT2D eigenvalue weighted by molar-refractivity contribution is -0.137. The lowest BCUT2D eigenvalue weighted by Gasteiger charge is -2.15. The van der Waals surface area contributed by atoms with Gasteiger partial charge in [-0.05, 0) is 32.1 Å². The first-order chi connectivity index (χ1) is 7.99. The van der Waals surface area contributed by atoms with Gasteiger partial charge in [0, 0.05) is 13.0 Å². The van der Waals surface area contributed by atoms with E-state index in [0.29, 0.717) is 13.0 Å². The minimum atomic E-state index is -0.795. The Morgan fingerprint density at radius 2 is 2.18 bits per heavy atom. The quantitative estimate of drug-likeness (QED) is 0.734. The van der Waals surface area contributed by atoms with E-state index in [-0.39, 0.29) is 30.5 Å². The fourth-order valence-corrected chi connectivity index (χ4v) is 1.86. The fraction of sp³-hybridized carbons (Fsp3) is 0.833. The Hall–Kier alpha value is -1.10. The van der Waals surface area contributed by atoms with Crippen molar-refractivity contribution in [2.45, 2.75) is 51.7 Å². The molecule has 2 N–H and O–H groups in total. The summed E-state index contributed by atoms with van der Waals surface area (Å²) >= 11 is 0. The first-order valence-electron chi connectivity index (χ1n) is 6.14. The van der Waals surface area contributed by atoms with E-state index in [1.807, 2.05) is 13.8 Å². The molecule has 1 heterocycles. The van der Waals surface area contributed by atoms with Crippen LogP contribution in [0.1, 0.15) is 39.5 Å². The largest absolute Gasteiger partial charge is 0.481 e. The van der Waals surface area contributed by atoms with Crippen molar-refractivity contribution in [2.75, 3.05) is 6.54 Å². The van der Waals surface area contributed by atoms with Crippen LogP contribution in [0.4, 0.5) is 0 Å². The Morgan fingerprint density at radius 1 is 1.47 bits per heavy atom. The maximum absolute atomic E-state index is 11.7. The molecule has 1 fully saturated rings. The highest BCUT2D eigenvalue weighted by atomic mass is 16.5. The third-order valence-electron chi connectivity index (χ3n) is 3.00. The SMILES string of the molecule is CC(CCC(=O)O)CNC(=O)C1CCC(C)O1. The molecule has 1 aliphatic rings. The van der Waals surface area contributed by atoms with Crippen molar-refractivity contribution in [3.63, 3.8) is 0 Å². The van der Waals surface area contributed by atoms with Crippen LogP contribution in [0.5, 0.6) is 0 Å². The monoisotopic (exact) mass is 243 g/mol. The molecule has 0 aromatic rings. The second-order valence-electron chi connectivity index (χ2n) is 4.80. The summed E-state index contributed by atoms with van der Waals surface area (Å²) in [5.74, 6) is -0.693. The van der Waals surface area contributed by atoms with Crippen molar-refractivity contribution in [1.29, 1.82) is 0 Å². The van der Waals surface area contributed by atoms with Crippen LogP contribution in [-0.2, 0) is 14.3 Å². The lowest BCUT2D eigenvalue weighted by atomic mass is 10.1. The van der Waals surface area contributed by atoms with E-state index in [0.717, 1.165) is 12.8 Å². The molecule has 0 spiro atoms. The molecule has 1 rings (SSSR count). The van der Waals surface area contributed by atoms with E-state index in [4.69, 9.17) is 9.84 Å². The molecule has 17 heavy (non-hydrogen) atoms. The van der Waals surface area contributed by atoms with Crippen LogP contribution in [-0.4, -0.2) is 35.7 Å². The Morgan fingerprint density at radius 3 is 2.71 bits per heavy atom. The number of carboxylic acid groups (broad SMARTS) is 1. The summed E-state index contributed by atoms with van der Waals surface area (Å²) in [6.07, 6.45) is 2.26. The normalized spacial score (nSPS) is 25.5. The molecule has 1 saturated heterocycles. The van der Waals surface area contributed by atoms with Gasteiger partial charge in [-0.15, -0.1) is 0 Å². The van der Waals surface area contributed by atoms with Crippen molar-refractivity contribution in [3.05, 3.63) is 0 Å². The van der Waals surface area contributed by atoms with Crippen LogP contribution >= 0.6 is 0 Å². The number of carbonyl (C=O) groups excluding carboxylic acids is 1. The molecular formula is C12H21NO4. The number of carboxylic acids is 1. The number of carbonyl (C=O) groups is 2. The fourth-order valence-electron chi connectivity index (χ4n) is 1.86. The van der Waals surface area contributed by atoms with Crippen LogP contribution in [0.25, 0.3) is 0 Å². The summed E-state index contributed by atoms with van der Waals surface area (Å²) in [4.78, 5) is 22.1. The predicted molar refractivity (Wildman–Crippen MR) is 62.6 cm³/mol. The first kappa shape index (κ1) is 14.0. The van der Waals surface area contributed by atoms with Crippen LogP contribution in [0.3, 0.4) is 0 Å². The second-order valence-corrected chi connectivity index (χ2v) is 4.80. The standard InChI is InChI=1S/C12H21NO4/c1-8(3-6-11(14)15)7-13-12(16)10-5-4-9(2)17-10/h8-10H,3-7H2,1-2H3,(H,13,16)(H,14,15). The molecule has 5 nitrogen and oxygen atoms in total. The summed E-state index contributed by atoms with van der Waals surface area (Å²) in [6.45, 7) is 4.41. The molecule has 0 aromatic heterocycles. The van der Waals surface area contributed by atoms with Gasteiger partial charge in [-0.2, -0.15) is 0 Å². The molecule has 0 bridgehead atoms. The van der Waals surface area contributed by atoms with Gasteiger partial charge in [-0.1, -0.05) is 6.92 Å². The zero-order valence-corrected chi connectivity index (χ0v) is 10.4. The highest BCUT2D eigenvalue weighted by Gasteiger charge is 2.27. The van der Waals surface area contributed by atoms with Gasteiger partial charge in [0.1, 0.15) is 6.10 Å². The van der Waals surface area contributed by atoms with Gasteiger partial charge in [-0.25, -0.2) is 0 Å². The molecule has 0 aromatic carbocycles. The molecule has 3 atom stereocenters. The minimum absolute atomic E-state index is 0.0727. The maximum atomic E-state index is 11.7. The summed E-state index contributed by atoms with van der Waals surface area (Å²) in [6, 6.07) is 0. The number of rotatable bonds is 6. The van der Waals surface area contributed by atoms with Crippen LogP contribution < -0.4 is 5.32 Å². The van der Waals surface area contributed by atoms with Crippen LogP contribution in [0.2, 0.25) is 0 Å². The highest BCUT2D eigenvalue weighted by Crippen LogP contribution is 2.19. The van der Waals surface area contributed by atoms with Gasteiger partial charge in [0.2, 0.25) is 5.91 Å². The van der Waals surface area contributed by atoms with Crippen molar-refractivity contribution >= 4 is 11.9 Å². The molecule has 5 heteroatoms. The number of hydrogen-bond donors (Lipinski definition) is 2. The molecular weight excluding hydrogens is 222 g/mol. The van der Waals surface area contributed by atoms with Crippen molar-refractivity contribution < 1.29 is 19.4 Å². The summed E-state index contributed by atoms with van der Waals surface area (Å²) in [7, 11) is 0. The van der Waals surface area contributed by atoms with Crippen LogP contribution in [0.15, 0.2) is 0 Å². The zero-order valence-electron chi connectivity index (χ0n) is 10.4. The highest BCUT2D eigenvalue weighted by molar-refractivity contribution is 5.81. The Labute approximate surface area is 102 Å². The van der Waals surface area contributed by atoms with E-state index in [1.165, 1.54) is 0 Å². The summed E-state index contributed by atoms with van der Waals surface area (Å²) < 4.78 is 5.45. The van der Waals surface area contributed by atoms with Gasteiger partial charge < -0.3 is 15.2 Å². The maximum Gasteiger partial charge on any atom is 0.303 e. The topological polar surface area (TPSA) is 75.6 Å². The van der Waals surface area contributed by atoms with E-state index >= 15 is 0 Å². The Bertz CT molecular complexity index is 280. The molecule has 98 valence electrons. The number of amides is 1. The number of nitrogens with one attached hydrogen (secondary N) is 1. The third-order valence-corrected chi connectivity index (χ3v) is 3.00. The summed E-state index contributed by atoms with van der Waals surface area (Å²) in [5, 5.41) is 11.3. The number of ether oxygens (including phenoxy) is 1. The molecule has 0 saturated carbocycles. The third kappa shape index (κ3) is 5.17. The Balaban J connectivity index is 2.17. The van der Waals surface area contributed by atoms with Crippen LogP contribution in [0, 0.1) is 5.92 Å².